The highest BCUT2D eigenvalue weighted by Crippen LogP contribution is 2.22. The molecule has 0 radical (unpaired) electrons. The zero-order chi connectivity index (χ0) is 14.9. The molecule has 0 spiro atoms. The lowest BCUT2D eigenvalue weighted by Gasteiger charge is -2.34. The Balaban J connectivity index is 2.21. The molecule has 1 N–H and O–H groups in total. The van der Waals surface area contributed by atoms with Gasteiger partial charge in [-0.25, -0.2) is 4.98 Å². The Morgan fingerprint density at radius 2 is 2.20 bits per heavy atom. The minimum absolute atomic E-state index is 0.108. The van der Waals surface area contributed by atoms with E-state index in [4.69, 9.17) is 11.6 Å². The van der Waals surface area contributed by atoms with Crippen molar-refractivity contribution in [2.45, 2.75) is 19.4 Å². The van der Waals surface area contributed by atoms with Crippen molar-refractivity contribution in [2.24, 2.45) is 5.92 Å². The molecular weight excluding hydrogens is 278 g/mol. The van der Waals surface area contributed by atoms with Gasteiger partial charge in [-0.3, -0.25) is 4.79 Å². The number of hydrogen-bond acceptors (Lipinski definition) is 4. The predicted molar refractivity (Wildman–Crippen MR) is 79.3 cm³/mol. The van der Waals surface area contributed by atoms with Crippen molar-refractivity contribution in [3.63, 3.8) is 0 Å². The van der Waals surface area contributed by atoms with Gasteiger partial charge in [0, 0.05) is 32.7 Å². The Labute approximate surface area is 124 Å². The largest absolute Gasteiger partial charge is 0.391 e. The second kappa shape index (κ2) is 5.97. The second-order valence-corrected chi connectivity index (χ2v) is 5.90. The van der Waals surface area contributed by atoms with Gasteiger partial charge in [0.15, 0.2) is 0 Å². The van der Waals surface area contributed by atoms with Crippen LogP contribution in [0.15, 0.2) is 12.1 Å². The van der Waals surface area contributed by atoms with Gasteiger partial charge in [0.2, 0.25) is 0 Å². The van der Waals surface area contributed by atoms with Crippen molar-refractivity contribution < 1.29 is 9.90 Å². The molecule has 6 heteroatoms. The van der Waals surface area contributed by atoms with E-state index in [1.165, 1.54) is 0 Å². The molecule has 1 fully saturated rings. The van der Waals surface area contributed by atoms with Crippen LogP contribution in [-0.2, 0) is 0 Å². The molecule has 1 aliphatic heterocycles. The number of likely N-dealkylation sites (tertiary alicyclic amines) is 1. The Morgan fingerprint density at radius 1 is 1.50 bits per heavy atom. The van der Waals surface area contributed by atoms with Crippen molar-refractivity contribution in [1.82, 2.24) is 9.88 Å². The Kier molecular flexibility index (Phi) is 4.50. The van der Waals surface area contributed by atoms with Gasteiger partial charge in [0.25, 0.3) is 5.91 Å². The smallest absolute Gasteiger partial charge is 0.254 e. The first kappa shape index (κ1) is 15.1. The molecular formula is C14H20ClN3O2. The Bertz CT molecular complexity index is 507. The number of piperidine rings is 1. The topological polar surface area (TPSA) is 56.7 Å². The number of aliphatic hydroxyl groups is 1. The number of rotatable bonds is 2. The number of aromatic nitrogens is 1. The molecule has 1 amide bonds. The summed E-state index contributed by atoms with van der Waals surface area (Å²) in [6, 6.07) is 3.29. The van der Waals surface area contributed by atoms with E-state index in [9.17, 15) is 9.90 Å². The number of carbonyl (C=O) groups is 1. The number of amides is 1. The summed E-state index contributed by atoms with van der Waals surface area (Å²) in [4.78, 5) is 20.1. The average molecular weight is 298 g/mol. The Morgan fingerprint density at radius 3 is 2.80 bits per heavy atom. The van der Waals surface area contributed by atoms with Crippen LogP contribution in [0, 0.1) is 5.92 Å². The summed E-state index contributed by atoms with van der Waals surface area (Å²) >= 11 is 5.97. The molecule has 0 bridgehead atoms. The molecule has 5 nitrogen and oxygen atoms in total. The fourth-order valence-corrected chi connectivity index (χ4v) is 2.46. The van der Waals surface area contributed by atoms with Gasteiger partial charge < -0.3 is 14.9 Å². The van der Waals surface area contributed by atoms with E-state index in [-0.39, 0.29) is 11.8 Å². The van der Waals surface area contributed by atoms with Crippen LogP contribution in [0.2, 0.25) is 5.15 Å². The highest BCUT2D eigenvalue weighted by atomic mass is 35.5. The number of aliphatic hydroxyl groups excluding tert-OH is 1. The molecule has 2 atom stereocenters. The Hall–Kier alpha value is -1.33. The van der Waals surface area contributed by atoms with E-state index >= 15 is 0 Å². The fraction of sp³-hybridized carbons (Fsp3) is 0.571. The van der Waals surface area contributed by atoms with Crippen molar-refractivity contribution in [3.05, 3.63) is 22.8 Å². The van der Waals surface area contributed by atoms with E-state index in [2.05, 4.69) is 4.98 Å². The van der Waals surface area contributed by atoms with E-state index in [0.717, 1.165) is 6.42 Å². The number of halogens is 1. The van der Waals surface area contributed by atoms with Gasteiger partial charge in [-0.05, 0) is 24.5 Å². The summed E-state index contributed by atoms with van der Waals surface area (Å²) in [5, 5.41) is 10.2. The second-order valence-electron chi connectivity index (χ2n) is 5.52. The van der Waals surface area contributed by atoms with Gasteiger partial charge in [-0.15, -0.1) is 0 Å². The molecule has 20 heavy (non-hydrogen) atoms. The molecule has 1 aliphatic rings. The lowest BCUT2D eigenvalue weighted by atomic mass is 9.95. The summed E-state index contributed by atoms with van der Waals surface area (Å²) < 4.78 is 0. The van der Waals surface area contributed by atoms with E-state index < -0.39 is 6.10 Å². The lowest BCUT2D eigenvalue weighted by Crippen LogP contribution is -2.45. The summed E-state index contributed by atoms with van der Waals surface area (Å²) in [7, 11) is 3.69. The first-order valence-corrected chi connectivity index (χ1v) is 7.08. The minimum Gasteiger partial charge on any atom is -0.391 e. The molecule has 2 rings (SSSR count). The van der Waals surface area contributed by atoms with Gasteiger partial charge in [-0.2, -0.15) is 0 Å². The zero-order valence-corrected chi connectivity index (χ0v) is 12.8. The summed E-state index contributed by atoms with van der Waals surface area (Å²) in [6.07, 6.45) is 0.352. The quantitative estimate of drug-likeness (QED) is 0.843. The van der Waals surface area contributed by atoms with Gasteiger partial charge in [0.1, 0.15) is 11.0 Å². The first-order valence-electron chi connectivity index (χ1n) is 6.70. The molecule has 1 aromatic heterocycles. The molecule has 2 unspecified atom stereocenters. The lowest BCUT2D eigenvalue weighted by molar-refractivity contribution is 0.0248. The highest BCUT2D eigenvalue weighted by molar-refractivity contribution is 6.29. The van der Waals surface area contributed by atoms with Crippen molar-refractivity contribution >= 4 is 23.3 Å². The molecule has 2 heterocycles. The minimum atomic E-state index is -0.460. The maximum absolute atomic E-state index is 12.5. The van der Waals surface area contributed by atoms with Crippen LogP contribution in [0.1, 0.15) is 23.7 Å². The molecule has 1 saturated heterocycles. The number of anilines is 1. The van der Waals surface area contributed by atoms with Crippen LogP contribution in [0.4, 0.5) is 5.82 Å². The van der Waals surface area contributed by atoms with Crippen LogP contribution in [0.5, 0.6) is 0 Å². The van der Waals surface area contributed by atoms with Gasteiger partial charge in [-0.1, -0.05) is 18.5 Å². The first-order chi connectivity index (χ1) is 9.38. The number of β-amino-alcohol motifs (C(OH)–C–C–N with tert-alkyl or cyclic N) is 1. The molecule has 110 valence electrons. The molecule has 0 saturated carbocycles. The summed E-state index contributed by atoms with van der Waals surface area (Å²) in [6.45, 7) is 3.03. The average Bonchev–Trinajstić information content (AvgIpc) is 2.40. The third kappa shape index (κ3) is 3.22. The van der Waals surface area contributed by atoms with Crippen LogP contribution >= 0.6 is 11.6 Å². The van der Waals surface area contributed by atoms with Crippen molar-refractivity contribution in [3.8, 4) is 0 Å². The third-order valence-corrected chi connectivity index (χ3v) is 3.89. The number of nitrogens with zero attached hydrogens (tertiary/aromatic N) is 3. The number of carbonyl (C=O) groups excluding carboxylic acids is 1. The fourth-order valence-electron chi connectivity index (χ4n) is 2.25. The predicted octanol–water partition coefficient (Wildman–Crippen LogP) is 1.64. The van der Waals surface area contributed by atoms with E-state index in [0.29, 0.717) is 29.6 Å². The number of pyridine rings is 1. The highest BCUT2D eigenvalue weighted by Gasteiger charge is 2.28. The maximum Gasteiger partial charge on any atom is 0.254 e. The third-order valence-electron chi connectivity index (χ3n) is 3.69. The van der Waals surface area contributed by atoms with Crippen molar-refractivity contribution in [1.29, 1.82) is 0 Å². The molecule has 0 aromatic carbocycles. The van der Waals surface area contributed by atoms with E-state index in [1.807, 2.05) is 21.0 Å². The monoisotopic (exact) mass is 297 g/mol. The summed E-state index contributed by atoms with van der Waals surface area (Å²) in [5.74, 6) is 0.771. The van der Waals surface area contributed by atoms with E-state index in [1.54, 1.807) is 21.9 Å². The maximum atomic E-state index is 12.5. The van der Waals surface area contributed by atoms with Crippen LogP contribution in [0.3, 0.4) is 0 Å². The van der Waals surface area contributed by atoms with Crippen LogP contribution in [0.25, 0.3) is 0 Å². The standard InChI is InChI=1S/C14H20ClN3O2/c1-9-4-5-18(8-11(9)19)14(20)10-6-12(15)16-13(7-10)17(2)3/h6-7,9,11,19H,4-5,8H2,1-3H3. The summed E-state index contributed by atoms with van der Waals surface area (Å²) in [5.41, 5.74) is 0.510. The molecule has 0 aliphatic carbocycles. The molecule has 1 aromatic rings. The van der Waals surface area contributed by atoms with Gasteiger partial charge in [0.05, 0.1) is 6.10 Å². The van der Waals surface area contributed by atoms with Crippen molar-refractivity contribution in [2.75, 3.05) is 32.1 Å². The van der Waals surface area contributed by atoms with Crippen LogP contribution < -0.4 is 4.90 Å². The van der Waals surface area contributed by atoms with Crippen LogP contribution in [-0.4, -0.2) is 54.2 Å². The zero-order valence-electron chi connectivity index (χ0n) is 12.0. The number of hydrogen-bond donors (Lipinski definition) is 1. The SMILES string of the molecule is CC1CCN(C(=O)c2cc(Cl)nc(N(C)C)c2)CC1O. The normalized spacial score (nSPS) is 22.8. The van der Waals surface area contributed by atoms with Gasteiger partial charge >= 0.3 is 0 Å².